The lowest BCUT2D eigenvalue weighted by atomic mass is 10.2. The fraction of sp³-hybridized carbons (Fsp3) is 0.200. The molecule has 120 valence electrons. The highest BCUT2D eigenvalue weighted by atomic mass is 35.5. The summed E-state index contributed by atoms with van der Waals surface area (Å²) in [6.07, 6.45) is 1.68. The zero-order valence-corrected chi connectivity index (χ0v) is 13.4. The highest BCUT2D eigenvalue weighted by Gasteiger charge is 2.15. The molecule has 0 fully saturated rings. The topological polar surface area (TPSA) is 88.4 Å². The summed E-state index contributed by atoms with van der Waals surface area (Å²) in [6, 6.07) is 7.52. The van der Waals surface area contributed by atoms with E-state index in [1.807, 2.05) is 25.1 Å². The summed E-state index contributed by atoms with van der Waals surface area (Å²) >= 11 is 5.81. The van der Waals surface area contributed by atoms with E-state index in [0.29, 0.717) is 0 Å². The van der Waals surface area contributed by atoms with Crippen molar-refractivity contribution in [2.75, 3.05) is 19.0 Å². The number of pyridine rings is 1. The molecule has 2 aromatic rings. The van der Waals surface area contributed by atoms with E-state index in [1.54, 1.807) is 12.3 Å². The molecule has 0 atom stereocenters. The van der Waals surface area contributed by atoms with Crippen molar-refractivity contribution < 1.29 is 9.72 Å². The Morgan fingerprint density at radius 1 is 1.39 bits per heavy atom. The highest BCUT2D eigenvalue weighted by molar-refractivity contribution is 6.33. The molecule has 1 N–H and O–H groups in total. The van der Waals surface area contributed by atoms with E-state index >= 15 is 0 Å². The molecule has 8 heteroatoms. The lowest BCUT2D eigenvalue weighted by Gasteiger charge is -2.16. The summed E-state index contributed by atoms with van der Waals surface area (Å²) in [6.45, 7) is 0.287. The van der Waals surface area contributed by atoms with Gasteiger partial charge < -0.3 is 10.2 Å². The Hall–Kier alpha value is -2.67. The van der Waals surface area contributed by atoms with Crippen molar-refractivity contribution in [3.8, 4) is 0 Å². The molecule has 0 saturated carbocycles. The van der Waals surface area contributed by atoms with Gasteiger partial charge in [-0.2, -0.15) is 0 Å². The number of carbonyl (C=O) groups is 1. The van der Waals surface area contributed by atoms with Crippen LogP contribution in [0, 0.1) is 10.1 Å². The van der Waals surface area contributed by atoms with Crippen molar-refractivity contribution in [2.24, 2.45) is 0 Å². The number of nitrogens with zero attached hydrogens (tertiary/aromatic N) is 3. The van der Waals surface area contributed by atoms with Crippen molar-refractivity contribution in [3.05, 3.63) is 62.8 Å². The van der Waals surface area contributed by atoms with Crippen LogP contribution in [0.2, 0.25) is 5.02 Å². The second-order valence-corrected chi connectivity index (χ2v) is 5.39. The summed E-state index contributed by atoms with van der Waals surface area (Å²) in [4.78, 5) is 28.4. The fourth-order valence-corrected chi connectivity index (χ4v) is 2.29. The number of hydrogen-bond acceptors (Lipinski definition) is 5. The predicted molar refractivity (Wildman–Crippen MR) is 87.8 cm³/mol. The molecule has 1 amide bonds. The fourth-order valence-electron chi connectivity index (χ4n) is 2.04. The lowest BCUT2D eigenvalue weighted by Crippen LogP contribution is -2.24. The molecule has 23 heavy (non-hydrogen) atoms. The van der Waals surface area contributed by atoms with Gasteiger partial charge >= 0.3 is 0 Å². The van der Waals surface area contributed by atoms with E-state index in [1.165, 1.54) is 18.2 Å². The molecule has 1 aromatic heterocycles. The van der Waals surface area contributed by atoms with Crippen molar-refractivity contribution in [3.63, 3.8) is 0 Å². The smallest absolute Gasteiger partial charge is 0.287 e. The van der Waals surface area contributed by atoms with Crippen LogP contribution in [0.5, 0.6) is 0 Å². The molecule has 1 aromatic carbocycles. The minimum absolute atomic E-state index is 0.0713. The van der Waals surface area contributed by atoms with Gasteiger partial charge in [-0.3, -0.25) is 14.9 Å². The van der Waals surface area contributed by atoms with Gasteiger partial charge in [-0.25, -0.2) is 4.98 Å². The number of halogens is 1. The first-order chi connectivity index (χ1) is 10.9. The van der Waals surface area contributed by atoms with Gasteiger partial charge in [0.05, 0.1) is 4.92 Å². The lowest BCUT2D eigenvalue weighted by molar-refractivity contribution is -0.384. The van der Waals surface area contributed by atoms with Gasteiger partial charge in [0.25, 0.3) is 11.6 Å². The van der Waals surface area contributed by atoms with E-state index in [2.05, 4.69) is 10.3 Å². The van der Waals surface area contributed by atoms with Gasteiger partial charge in [0.2, 0.25) is 0 Å². The molecule has 1 heterocycles. The van der Waals surface area contributed by atoms with Crippen molar-refractivity contribution >= 4 is 29.0 Å². The average Bonchev–Trinajstić information content (AvgIpc) is 2.52. The summed E-state index contributed by atoms with van der Waals surface area (Å²) in [5.74, 6) is 0.393. The third-order valence-electron chi connectivity index (χ3n) is 3.14. The van der Waals surface area contributed by atoms with Gasteiger partial charge in [-0.1, -0.05) is 17.7 Å². The first-order valence-corrected chi connectivity index (χ1v) is 7.11. The third kappa shape index (κ3) is 3.95. The quantitative estimate of drug-likeness (QED) is 0.670. The number of nitro groups is 1. The molecular weight excluding hydrogens is 320 g/mol. The van der Waals surface area contributed by atoms with Crippen LogP contribution >= 0.6 is 11.6 Å². The Morgan fingerprint density at radius 2 is 2.13 bits per heavy atom. The van der Waals surface area contributed by atoms with Crippen molar-refractivity contribution in [1.29, 1.82) is 0 Å². The minimum atomic E-state index is -0.594. The Bertz CT molecular complexity index is 749. The average molecular weight is 335 g/mol. The first kappa shape index (κ1) is 16.7. The molecule has 0 radical (unpaired) electrons. The van der Waals surface area contributed by atoms with Gasteiger partial charge in [0.15, 0.2) is 0 Å². The first-order valence-electron chi connectivity index (χ1n) is 6.73. The molecule has 0 aliphatic rings. The van der Waals surface area contributed by atoms with Crippen molar-refractivity contribution in [1.82, 2.24) is 10.3 Å². The zero-order chi connectivity index (χ0) is 17.0. The van der Waals surface area contributed by atoms with Crippen LogP contribution in [0.1, 0.15) is 15.9 Å². The van der Waals surface area contributed by atoms with Crippen LogP contribution in [0.25, 0.3) is 0 Å². The number of nitrogens with one attached hydrogen (secondary N) is 1. The maximum Gasteiger partial charge on any atom is 0.287 e. The summed E-state index contributed by atoms with van der Waals surface area (Å²) in [7, 11) is 3.73. The summed E-state index contributed by atoms with van der Waals surface area (Å²) < 4.78 is 0. The maximum atomic E-state index is 12.2. The van der Waals surface area contributed by atoms with E-state index in [9.17, 15) is 14.9 Å². The third-order valence-corrected chi connectivity index (χ3v) is 3.44. The molecule has 0 aliphatic heterocycles. The number of amides is 1. The zero-order valence-electron chi connectivity index (χ0n) is 12.6. The second kappa shape index (κ2) is 7.06. The molecule has 0 spiro atoms. The van der Waals surface area contributed by atoms with E-state index in [0.717, 1.165) is 11.4 Å². The van der Waals surface area contributed by atoms with Gasteiger partial charge in [0.1, 0.15) is 10.8 Å². The van der Waals surface area contributed by atoms with Crippen LogP contribution in [0.4, 0.5) is 11.5 Å². The van der Waals surface area contributed by atoms with Crippen LogP contribution < -0.4 is 10.2 Å². The summed E-state index contributed by atoms with van der Waals surface area (Å²) in [5.41, 5.74) is 0.889. The molecule has 2 rings (SSSR count). The standard InChI is InChI=1S/C15H15ClN4O3/c1-19(2)14-11(4-3-7-17-14)9-18-15(21)10-5-6-13(20(22)23)12(16)8-10/h3-8H,9H2,1-2H3,(H,18,21). The predicted octanol–water partition coefficient (Wildman–Crippen LogP) is 2.64. The molecule has 0 aliphatic carbocycles. The number of benzene rings is 1. The second-order valence-electron chi connectivity index (χ2n) is 4.99. The van der Waals surface area contributed by atoms with Gasteiger partial charge in [-0.05, 0) is 18.2 Å². The number of nitro benzene ring substituents is 1. The highest BCUT2D eigenvalue weighted by Crippen LogP contribution is 2.25. The number of rotatable bonds is 5. The Labute approximate surface area is 138 Å². The number of carbonyl (C=O) groups excluding carboxylic acids is 1. The SMILES string of the molecule is CN(C)c1ncccc1CNC(=O)c1ccc([N+](=O)[O-])c(Cl)c1. The monoisotopic (exact) mass is 334 g/mol. The molecule has 0 bridgehead atoms. The van der Waals surface area contributed by atoms with Crippen LogP contribution in [0.15, 0.2) is 36.5 Å². The number of anilines is 1. The molecule has 0 unspecified atom stereocenters. The molecule has 7 nitrogen and oxygen atoms in total. The van der Waals surface area contributed by atoms with E-state index < -0.39 is 4.92 Å². The molecule has 0 saturated heterocycles. The van der Waals surface area contributed by atoms with Gasteiger partial charge in [0, 0.05) is 44.0 Å². The molecular formula is C15H15ClN4O3. The summed E-state index contributed by atoms with van der Waals surface area (Å²) in [5, 5.41) is 13.4. The van der Waals surface area contributed by atoms with E-state index in [4.69, 9.17) is 11.6 Å². The normalized spacial score (nSPS) is 10.2. The van der Waals surface area contributed by atoms with Crippen LogP contribution in [0.3, 0.4) is 0 Å². The number of aromatic nitrogens is 1. The number of hydrogen-bond donors (Lipinski definition) is 1. The van der Waals surface area contributed by atoms with Crippen LogP contribution in [-0.4, -0.2) is 29.9 Å². The largest absolute Gasteiger partial charge is 0.362 e. The Morgan fingerprint density at radius 3 is 2.74 bits per heavy atom. The van der Waals surface area contributed by atoms with E-state index in [-0.39, 0.29) is 28.7 Å². The Kier molecular flexibility index (Phi) is 5.13. The van der Waals surface area contributed by atoms with Gasteiger partial charge in [-0.15, -0.1) is 0 Å². The van der Waals surface area contributed by atoms with Crippen molar-refractivity contribution in [2.45, 2.75) is 6.54 Å². The minimum Gasteiger partial charge on any atom is -0.362 e. The Balaban J connectivity index is 2.12. The maximum absolute atomic E-state index is 12.2. The van der Waals surface area contributed by atoms with Crippen LogP contribution in [-0.2, 0) is 6.54 Å².